The van der Waals surface area contributed by atoms with Crippen LogP contribution >= 0.6 is 0 Å². The molecule has 2 heteroatoms. The second-order valence-electron chi connectivity index (χ2n) is 6.75. The third kappa shape index (κ3) is 2.04. The Kier molecular flexibility index (Phi) is 3.20. The first-order chi connectivity index (χ1) is 8.23. The SMILES string of the molecule is CCN1CCC2(CCC2N2CCC(C)CC2)C1. The second-order valence-corrected chi connectivity index (χ2v) is 6.75. The van der Waals surface area contributed by atoms with Crippen LogP contribution in [0.1, 0.15) is 46.0 Å². The average Bonchev–Trinajstić information content (AvgIpc) is 2.77. The molecule has 0 aromatic carbocycles. The summed E-state index contributed by atoms with van der Waals surface area (Å²) in [6, 6.07) is 0.937. The van der Waals surface area contributed by atoms with Gasteiger partial charge in [-0.1, -0.05) is 13.8 Å². The van der Waals surface area contributed by atoms with Gasteiger partial charge in [0.05, 0.1) is 0 Å². The van der Waals surface area contributed by atoms with Crippen LogP contribution in [-0.2, 0) is 0 Å². The summed E-state index contributed by atoms with van der Waals surface area (Å²) in [4.78, 5) is 5.50. The highest BCUT2D eigenvalue weighted by molar-refractivity contribution is 5.06. The highest BCUT2D eigenvalue weighted by atomic mass is 15.2. The van der Waals surface area contributed by atoms with Crippen LogP contribution in [0.4, 0.5) is 0 Å². The minimum Gasteiger partial charge on any atom is -0.303 e. The van der Waals surface area contributed by atoms with E-state index in [0.29, 0.717) is 5.41 Å². The fourth-order valence-corrected chi connectivity index (χ4v) is 4.32. The Morgan fingerprint density at radius 2 is 1.82 bits per heavy atom. The lowest BCUT2D eigenvalue weighted by molar-refractivity contribution is -0.0336. The molecule has 3 fully saturated rings. The predicted octanol–water partition coefficient (Wildman–Crippen LogP) is 2.59. The van der Waals surface area contributed by atoms with Crippen molar-refractivity contribution in [2.24, 2.45) is 11.3 Å². The van der Waals surface area contributed by atoms with Crippen molar-refractivity contribution in [3.8, 4) is 0 Å². The zero-order valence-electron chi connectivity index (χ0n) is 11.6. The van der Waals surface area contributed by atoms with Crippen LogP contribution in [0.15, 0.2) is 0 Å². The molecular formula is C15H28N2. The number of likely N-dealkylation sites (tertiary alicyclic amines) is 2. The summed E-state index contributed by atoms with van der Waals surface area (Å²) in [6.07, 6.45) is 7.32. The molecule has 17 heavy (non-hydrogen) atoms. The van der Waals surface area contributed by atoms with Gasteiger partial charge in [-0.15, -0.1) is 0 Å². The van der Waals surface area contributed by atoms with E-state index in [1.807, 2.05) is 0 Å². The van der Waals surface area contributed by atoms with Crippen molar-refractivity contribution in [1.82, 2.24) is 9.80 Å². The molecule has 0 aromatic rings. The van der Waals surface area contributed by atoms with Gasteiger partial charge in [0.25, 0.3) is 0 Å². The standard InChI is InChI=1S/C15H28N2/c1-3-16-11-8-15(12-16)7-4-14(15)17-9-5-13(2)6-10-17/h13-14H,3-12H2,1-2H3. The summed E-state index contributed by atoms with van der Waals surface area (Å²) in [5, 5.41) is 0. The van der Waals surface area contributed by atoms with Crippen LogP contribution in [-0.4, -0.2) is 48.6 Å². The van der Waals surface area contributed by atoms with Gasteiger partial charge in [0.2, 0.25) is 0 Å². The maximum Gasteiger partial charge on any atom is 0.0165 e. The molecule has 3 aliphatic rings. The molecule has 3 rings (SSSR count). The van der Waals surface area contributed by atoms with Gasteiger partial charge < -0.3 is 4.90 Å². The van der Waals surface area contributed by atoms with Crippen LogP contribution in [0.5, 0.6) is 0 Å². The molecular weight excluding hydrogens is 208 g/mol. The Morgan fingerprint density at radius 1 is 1.06 bits per heavy atom. The first kappa shape index (κ1) is 12.0. The first-order valence-corrected chi connectivity index (χ1v) is 7.70. The molecule has 98 valence electrons. The molecule has 0 N–H and O–H groups in total. The highest BCUT2D eigenvalue weighted by Crippen LogP contribution is 2.51. The molecule has 1 aliphatic carbocycles. The first-order valence-electron chi connectivity index (χ1n) is 7.70. The predicted molar refractivity (Wildman–Crippen MR) is 72.2 cm³/mol. The summed E-state index contributed by atoms with van der Waals surface area (Å²) in [6.45, 7) is 11.5. The molecule has 2 nitrogen and oxygen atoms in total. The summed E-state index contributed by atoms with van der Waals surface area (Å²) in [5.41, 5.74) is 0.705. The fraction of sp³-hybridized carbons (Fsp3) is 1.00. The lowest BCUT2D eigenvalue weighted by Crippen LogP contribution is -2.58. The minimum atomic E-state index is 0.705. The highest BCUT2D eigenvalue weighted by Gasteiger charge is 2.52. The van der Waals surface area contributed by atoms with Gasteiger partial charge in [-0.3, -0.25) is 4.90 Å². The van der Waals surface area contributed by atoms with Crippen molar-refractivity contribution in [1.29, 1.82) is 0 Å². The third-order valence-electron chi connectivity index (χ3n) is 5.79. The van der Waals surface area contributed by atoms with Crippen molar-refractivity contribution in [3.05, 3.63) is 0 Å². The van der Waals surface area contributed by atoms with Gasteiger partial charge in [0.1, 0.15) is 0 Å². The molecule has 2 saturated heterocycles. The van der Waals surface area contributed by atoms with Gasteiger partial charge in [0, 0.05) is 12.6 Å². The number of hydrogen-bond donors (Lipinski definition) is 0. The normalized spacial score (nSPS) is 40.9. The number of nitrogens with zero attached hydrogens (tertiary/aromatic N) is 2. The van der Waals surface area contributed by atoms with Crippen LogP contribution in [0.2, 0.25) is 0 Å². The molecule has 1 saturated carbocycles. The Bertz CT molecular complexity index is 270. The number of piperidine rings is 1. The molecule has 0 bridgehead atoms. The van der Waals surface area contributed by atoms with Crippen molar-refractivity contribution in [2.45, 2.75) is 52.0 Å². The van der Waals surface area contributed by atoms with Crippen molar-refractivity contribution < 1.29 is 0 Å². The molecule has 2 unspecified atom stereocenters. The van der Waals surface area contributed by atoms with Gasteiger partial charge in [-0.05, 0) is 69.6 Å². The lowest BCUT2D eigenvalue weighted by atomic mass is 9.62. The van der Waals surface area contributed by atoms with Gasteiger partial charge in [-0.25, -0.2) is 0 Å². The minimum absolute atomic E-state index is 0.705. The van der Waals surface area contributed by atoms with Crippen LogP contribution < -0.4 is 0 Å². The van der Waals surface area contributed by atoms with E-state index in [9.17, 15) is 0 Å². The van der Waals surface area contributed by atoms with Gasteiger partial charge >= 0.3 is 0 Å². The third-order valence-corrected chi connectivity index (χ3v) is 5.79. The van der Waals surface area contributed by atoms with E-state index < -0.39 is 0 Å². The Labute approximate surface area is 106 Å². The second kappa shape index (κ2) is 4.55. The molecule has 0 amide bonds. The van der Waals surface area contributed by atoms with E-state index in [4.69, 9.17) is 0 Å². The summed E-state index contributed by atoms with van der Waals surface area (Å²) < 4.78 is 0. The summed E-state index contributed by atoms with van der Waals surface area (Å²) >= 11 is 0. The lowest BCUT2D eigenvalue weighted by Gasteiger charge is -2.54. The molecule has 1 spiro atoms. The van der Waals surface area contributed by atoms with Gasteiger partial charge in [-0.2, -0.15) is 0 Å². The van der Waals surface area contributed by atoms with Crippen molar-refractivity contribution >= 4 is 0 Å². The van der Waals surface area contributed by atoms with Crippen molar-refractivity contribution in [3.63, 3.8) is 0 Å². The summed E-state index contributed by atoms with van der Waals surface area (Å²) in [5.74, 6) is 0.970. The van der Waals surface area contributed by atoms with Gasteiger partial charge in [0.15, 0.2) is 0 Å². The fourth-order valence-electron chi connectivity index (χ4n) is 4.32. The maximum atomic E-state index is 2.84. The van der Waals surface area contributed by atoms with E-state index in [0.717, 1.165) is 12.0 Å². The molecule has 0 aromatic heterocycles. The Hall–Kier alpha value is -0.0800. The zero-order valence-corrected chi connectivity index (χ0v) is 11.6. The van der Waals surface area contributed by atoms with Crippen molar-refractivity contribution in [2.75, 3.05) is 32.7 Å². The number of rotatable bonds is 2. The van der Waals surface area contributed by atoms with Crippen LogP contribution in [0.3, 0.4) is 0 Å². The number of hydrogen-bond acceptors (Lipinski definition) is 2. The molecule has 2 heterocycles. The smallest absolute Gasteiger partial charge is 0.0165 e. The van der Waals surface area contributed by atoms with E-state index in [1.165, 1.54) is 64.8 Å². The van der Waals surface area contributed by atoms with E-state index in [-0.39, 0.29) is 0 Å². The maximum absolute atomic E-state index is 2.84. The van der Waals surface area contributed by atoms with E-state index >= 15 is 0 Å². The van der Waals surface area contributed by atoms with Crippen LogP contribution in [0.25, 0.3) is 0 Å². The van der Waals surface area contributed by atoms with Crippen LogP contribution in [0, 0.1) is 11.3 Å². The molecule has 0 radical (unpaired) electrons. The Balaban J connectivity index is 1.61. The largest absolute Gasteiger partial charge is 0.303 e. The summed E-state index contributed by atoms with van der Waals surface area (Å²) in [7, 11) is 0. The topological polar surface area (TPSA) is 6.48 Å². The van der Waals surface area contributed by atoms with E-state index in [2.05, 4.69) is 23.6 Å². The molecule has 2 atom stereocenters. The quantitative estimate of drug-likeness (QED) is 0.727. The zero-order chi connectivity index (χ0) is 11.9. The van der Waals surface area contributed by atoms with E-state index in [1.54, 1.807) is 0 Å². The monoisotopic (exact) mass is 236 g/mol. The average molecular weight is 236 g/mol. The Morgan fingerprint density at radius 3 is 2.35 bits per heavy atom. The molecule has 2 aliphatic heterocycles.